The molecule has 0 unspecified atom stereocenters. The van der Waals surface area contributed by atoms with Crippen LogP contribution in [-0.2, 0) is 4.79 Å². The Balaban J connectivity index is 1.28. The number of carbonyl (C=O) groups excluding carboxylic acids is 1. The van der Waals surface area contributed by atoms with Crippen LogP contribution >= 0.6 is 0 Å². The zero-order chi connectivity index (χ0) is 29.1. The van der Waals surface area contributed by atoms with Gasteiger partial charge in [-0.25, -0.2) is 28.7 Å². The standard InChI is InChI=1S/C30H32F2N8O/c1-5-6-7-8-27(41)39-13-11-38(12-14-39)22-9-10-26(33-17-22)36-30-34-18-24(32)28(37-30)21-15-23(31)29-25(16-21)40(19(2)3)20(4)35-29/h1,9-10,15-19H,6-8,11-14H2,2-4H3,(H,33,34,36,37). The third-order valence-electron chi connectivity index (χ3n) is 7.16. The van der Waals surface area contributed by atoms with Crippen LogP contribution in [0.1, 0.15) is 45.0 Å². The molecule has 0 atom stereocenters. The maximum absolute atomic E-state index is 15.0. The van der Waals surface area contributed by atoms with Crippen molar-refractivity contribution >= 4 is 34.4 Å². The number of rotatable bonds is 8. The van der Waals surface area contributed by atoms with Crippen LogP contribution < -0.4 is 10.2 Å². The first kappa shape index (κ1) is 28.0. The summed E-state index contributed by atoms with van der Waals surface area (Å²) in [5.74, 6) is 2.78. The molecule has 41 heavy (non-hydrogen) atoms. The van der Waals surface area contributed by atoms with Crippen LogP contribution in [0.2, 0.25) is 0 Å². The van der Waals surface area contributed by atoms with Crippen LogP contribution in [-0.4, -0.2) is 61.5 Å². The summed E-state index contributed by atoms with van der Waals surface area (Å²) >= 11 is 0. The van der Waals surface area contributed by atoms with Crippen molar-refractivity contribution in [1.82, 2.24) is 29.4 Å². The molecule has 11 heteroatoms. The van der Waals surface area contributed by atoms with Gasteiger partial charge >= 0.3 is 0 Å². The molecule has 1 amide bonds. The lowest BCUT2D eigenvalue weighted by atomic mass is 10.1. The number of benzene rings is 1. The first-order chi connectivity index (χ1) is 19.7. The van der Waals surface area contributed by atoms with Crippen molar-refractivity contribution < 1.29 is 13.6 Å². The number of carbonyl (C=O) groups is 1. The summed E-state index contributed by atoms with van der Waals surface area (Å²) < 4.78 is 31.7. The number of nitrogens with one attached hydrogen (secondary N) is 1. The maximum atomic E-state index is 15.0. The number of halogens is 2. The predicted molar refractivity (Wildman–Crippen MR) is 155 cm³/mol. The molecule has 1 aliphatic rings. The Bertz CT molecular complexity index is 1600. The van der Waals surface area contributed by atoms with Crippen molar-refractivity contribution in [3.8, 4) is 23.6 Å². The van der Waals surface area contributed by atoms with Gasteiger partial charge in [-0.2, -0.15) is 0 Å². The van der Waals surface area contributed by atoms with Gasteiger partial charge in [0.1, 0.15) is 22.9 Å². The van der Waals surface area contributed by atoms with E-state index in [4.69, 9.17) is 6.42 Å². The van der Waals surface area contributed by atoms with E-state index in [0.717, 1.165) is 11.9 Å². The van der Waals surface area contributed by atoms with Crippen LogP contribution in [0.3, 0.4) is 0 Å². The Kier molecular flexibility index (Phi) is 8.10. The molecule has 0 saturated carbocycles. The molecule has 4 heterocycles. The SMILES string of the molecule is C#CCCCC(=O)N1CCN(c2ccc(Nc3ncc(F)c(-c4cc(F)c5nc(C)n(C(C)C)c5c4)n3)nc2)CC1. The Labute approximate surface area is 237 Å². The summed E-state index contributed by atoms with van der Waals surface area (Å²) in [5.41, 5.74) is 2.01. The van der Waals surface area contributed by atoms with E-state index in [1.165, 1.54) is 6.07 Å². The second-order valence-corrected chi connectivity index (χ2v) is 10.3. The van der Waals surface area contributed by atoms with E-state index >= 15 is 0 Å². The molecule has 9 nitrogen and oxygen atoms in total. The molecule has 212 valence electrons. The predicted octanol–water partition coefficient (Wildman–Crippen LogP) is 5.25. The number of pyridine rings is 1. The number of fused-ring (bicyclic) bond motifs is 1. The molecule has 4 aromatic rings. The number of aryl methyl sites for hydroxylation is 1. The van der Waals surface area contributed by atoms with E-state index in [-0.39, 0.29) is 34.7 Å². The average molecular weight is 559 g/mol. The number of amides is 1. The number of piperazine rings is 1. The van der Waals surface area contributed by atoms with E-state index < -0.39 is 11.6 Å². The normalized spacial score (nSPS) is 13.6. The highest BCUT2D eigenvalue weighted by molar-refractivity contribution is 5.83. The van der Waals surface area contributed by atoms with Gasteiger partial charge in [-0.15, -0.1) is 12.3 Å². The summed E-state index contributed by atoms with van der Waals surface area (Å²) in [6, 6.07) is 6.70. The smallest absolute Gasteiger partial charge is 0.229 e. The van der Waals surface area contributed by atoms with Gasteiger partial charge in [0.15, 0.2) is 11.6 Å². The summed E-state index contributed by atoms with van der Waals surface area (Å²) in [6.45, 7) is 8.47. The average Bonchev–Trinajstić information content (AvgIpc) is 3.31. The van der Waals surface area contributed by atoms with Crippen molar-refractivity contribution in [2.75, 3.05) is 36.4 Å². The van der Waals surface area contributed by atoms with Gasteiger partial charge in [-0.3, -0.25) is 4.79 Å². The van der Waals surface area contributed by atoms with Crippen molar-refractivity contribution in [3.05, 3.63) is 54.1 Å². The third kappa shape index (κ3) is 5.96. The van der Waals surface area contributed by atoms with Gasteiger partial charge in [0.2, 0.25) is 11.9 Å². The first-order valence-electron chi connectivity index (χ1n) is 13.7. The molecule has 0 spiro atoms. The molecular formula is C30H32F2N8O. The Morgan fingerprint density at radius 2 is 1.85 bits per heavy atom. The summed E-state index contributed by atoms with van der Waals surface area (Å²) in [5, 5.41) is 3.01. The minimum Gasteiger partial charge on any atom is -0.367 e. The van der Waals surface area contributed by atoms with Crippen molar-refractivity contribution in [3.63, 3.8) is 0 Å². The van der Waals surface area contributed by atoms with Crippen LogP contribution in [0.5, 0.6) is 0 Å². The fourth-order valence-corrected chi connectivity index (χ4v) is 5.16. The molecule has 5 rings (SSSR count). The van der Waals surface area contributed by atoms with Crippen LogP contribution in [0.15, 0.2) is 36.7 Å². The fraction of sp³-hybridized carbons (Fsp3) is 0.367. The number of imidazole rings is 1. The van der Waals surface area contributed by atoms with Gasteiger partial charge in [-0.05, 0) is 51.5 Å². The topological polar surface area (TPSA) is 92.1 Å². The number of unbranched alkanes of at least 4 members (excludes halogenated alkanes) is 1. The van der Waals surface area contributed by atoms with E-state index in [0.29, 0.717) is 62.6 Å². The molecular weight excluding hydrogens is 526 g/mol. The number of anilines is 3. The zero-order valence-corrected chi connectivity index (χ0v) is 23.4. The highest BCUT2D eigenvalue weighted by Gasteiger charge is 2.22. The molecule has 1 N–H and O–H groups in total. The van der Waals surface area contributed by atoms with Gasteiger partial charge in [-0.1, -0.05) is 0 Å². The lowest BCUT2D eigenvalue weighted by Gasteiger charge is -2.36. The number of terminal acetylenes is 1. The molecule has 1 saturated heterocycles. The number of aromatic nitrogens is 5. The van der Waals surface area contributed by atoms with E-state index in [1.54, 1.807) is 18.3 Å². The molecule has 1 aliphatic heterocycles. The van der Waals surface area contributed by atoms with Crippen molar-refractivity contribution in [1.29, 1.82) is 0 Å². The molecule has 3 aromatic heterocycles. The van der Waals surface area contributed by atoms with E-state index in [1.807, 2.05) is 36.3 Å². The number of nitrogens with zero attached hydrogens (tertiary/aromatic N) is 7. The largest absolute Gasteiger partial charge is 0.367 e. The molecule has 0 bridgehead atoms. The van der Waals surface area contributed by atoms with Crippen LogP contribution in [0.25, 0.3) is 22.3 Å². The van der Waals surface area contributed by atoms with Crippen LogP contribution in [0, 0.1) is 30.9 Å². The van der Waals surface area contributed by atoms with Gasteiger partial charge in [0.25, 0.3) is 0 Å². The Morgan fingerprint density at radius 3 is 2.54 bits per heavy atom. The second kappa shape index (κ2) is 11.9. The lowest BCUT2D eigenvalue weighted by Crippen LogP contribution is -2.48. The van der Waals surface area contributed by atoms with Crippen molar-refractivity contribution in [2.24, 2.45) is 0 Å². The van der Waals surface area contributed by atoms with Crippen LogP contribution in [0.4, 0.5) is 26.2 Å². The zero-order valence-electron chi connectivity index (χ0n) is 23.4. The summed E-state index contributed by atoms with van der Waals surface area (Å²) in [7, 11) is 0. The fourth-order valence-electron chi connectivity index (χ4n) is 5.16. The monoisotopic (exact) mass is 558 g/mol. The number of hydrogen-bond donors (Lipinski definition) is 1. The minimum absolute atomic E-state index is 0.0270. The van der Waals surface area contributed by atoms with E-state index in [2.05, 4.69) is 36.1 Å². The quantitative estimate of drug-likeness (QED) is 0.233. The molecule has 1 fully saturated rings. The second-order valence-electron chi connectivity index (χ2n) is 10.3. The lowest BCUT2D eigenvalue weighted by molar-refractivity contribution is -0.131. The van der Waals surface area contributed by atoms with Gasteiger partial charge < -0.3 is 19.7 Å². The van der Waals surface area contributed by atoms with Gasteiger partial charge in [0, 0.05) is 50.6 Å². The number of hydrogen-bond acceptors (Lipinski definition) is 7. The Morgan fingerprint density at radius 1 is 1.07 bits per heavy atom. The summed E-state index contributed by atoms with van der Waals surface area (Å²) in [6.07, 6.45) is 9.86. The summed E-state index contributed by atoms with van der Waals surface area (Å²) in [4.78, 5) is 33.6. The van der Waals surface area contributed by atoms with Crippen molar-refractivity contribution in [2.45, 2.75) is 46.1 Å². The van der Waals surface area contributed by atoms with E-state index in [9.17, 15) is 13.6 Å². The third-order valence-corrected chi connectivity index (χ3v) is 7.16. The highest BCUT2D eigenvalue weighted by atomic mass is 19.1. The highest BCUT2D eigenvalue weighted by Crippen LogP contribution is 2.30. The Hall–Kier alpha value is -4.59. The molecule has 0 aliphatic carbocycles. The van der Waals surface area contributed by atoms with Gasteiger partial charge in [0.05, 0.1) is 23.6 Å². The maximum Gasteiger partial charge on any atom is 0.229 e. The molecule has 1 aromatic carbocycles. The minimum atomic E-state index is -0.668. The molecule has 0 radical (unpaired) electrons. The first-order valence-corrected chi connectivity index (χ1v) is 13.7.